The highest BCUT2D eigenvalue weighted by Crippen LogP contribution is 2.57. The van der Waals surface area contributed by atoms with Crippen LogP contribution in [-0.2, 0) is 10.8 Å². The van der Waals surface area contributed by atoms with Gasteiger partial charge in [-0.3, -0.25) is 0 Å². The number of hydrogen-bond acceptors (Lipinski definition) is 4. The van der Waals surface area contributed by atoms with Crippen LogP contribution in [0.5, 0.6) is 23.0 Å². The average Bonchev–Trinajstić information content (AvgIpc) is 2.95. The first-order chi connectivity index (χ1) is 19.7. The fourth-order valence-corrected chi connectivity index (χ4v) is 9.65. The summed E-state index contributed by atoms with van der Waals surface area (Å²) in [5.74, 6) is 1.26. The minimum Gasteiger partial charge on any atom is -0.507 e. The molecule has 0 unspecified atom stereocenters. The molecule has 4 aromatic rings. The van der Waals surface area contributed by atoms with Crippen LogP contribution in [0.25, 0.3) is 0 Å². The largest absolute Gasteiger partial charge is 0.507 e. The Bertz CT molecular complexity index is 1590. The van der Waals surface area contributed by atoms with Crippen molar-refractivity contribution in [3.8, 4) is 23.0 Å². The molecule has 220 valence electrons. The second-order valence-electron chi connectivity index (χ2n) is 11.6. The molecule has 1 aliphatic rings. The lowest BCUT2D eigenvalue weighted by molar-refractivity contribution is 0.254. The zero-order valence-corrected chi connectivity index (χ0v) is 32.4. The van der Waals surface area contributed by atoms with E-state index in [0.29, 0.717) is 23.0 Å². The standard InChI is InChI=1S/C34H32I4O4/c1-17-11-21(14-26(36)29(17)39)33(22-12-18(2)30(40)27(37)15-22)7-9-34(10-8-33,23-13-19(3)31(41)28(38)16-23)24-5-6-25(35)32(42)20(24)4/h5-6,11-16,39-42H,7-10H2,1-4H3. The van der Waals surface area contributed by atoms with Crippen molar-refractivity contribution < 1.29 is 20.4 Å². The minimum atomic E-state index is -0.383. The minimum absolute atomic E-state index is 0.310. The molecule has 4 N–H and O–H groups in total. The van der Waals surface area contributed by atoms with Crippen molar-refractivity contribution >= 4 is 90.4 Å². The first-order valence-corrected chi connectivity index (χ1v) is 18.0. The summed E-state index contributed by atoms with van der Waals surface area (Å²) in [6.07, 6.45) is 3.24. The van der Waals surface area contributed by atoms with Crippen LogP contribution in [0.4, 0.5) is 0 Å². The fraction of sp³-hybridized carbons (Fsp3) is 0.294. The summed E-state index contributed by atoms with van der Waals surface area (Å²) >= 11 is 8.84. The average molecular weight is 1010 g/mol. The molecule has 8 heteroatoms. The molecular weight excluding hydrogens is 980 g/mol. The van der Waals surface area contributed by atoms with Gasteiger partial charge in [-0.15, -0.1) is 0 Å². The highest BCUT2D eigenvalue weighted by atomic mass is 127. The molecule has 0 aromatic heterocycles. The lowest BCUT2D eigenvalue weighted by Gasteiger charge is -2.49. The molecule has 4 aromatic carbocycles. The molecule has 0 atom stereocenters. The monoisotopic (exact) mass is 1010 g/mol. The van der Waals surface area contributed by atoms with Crippen LogP contribution in [0.15, 0.2) is 48.5 Å². The second kappa shape index (κ2) is 12.1. The molecule has 1 aliphatic carbocycles. The van der Waals surface area contributed by atoms with Crippen molar-refractivity contribution in [3.05, 3.63) is 107 Å². The van der Waals surface area contributed by atoms with Gasteiger partial charge < -0.3 is 20.4 Å². The Labute approximate surface area is 301 Å². The maximum Gasteiger partial charge on any atom is 0.132 e. The van der Waals surface area contributed by atoms with E-state index >= 15 is 0 Å². The Hall–Kier alpha value is -1.00. The Morgan fingerprint density at radius 2 is 0.833 bits per heavy atom. The van der Waals surface area contributed by atoms with Crippen LogP contribution < -0.4 is 0 Å². The van der Waals surface area contributed by atoms with Crippen LogP contribution in [0.1, 0.15) is 70.2 Å². The van der Waals surface area contributed by atoms with Crippen molar-refractivity contribution in [2.24, 2.45) is 0 Å². The first-order valence-electron chi connectivity index (χ1n) is 13.7. The zero-order valence-electron chi connectivity index (χ0n) is 23.7. The molecule has 1 saturated carbocycles. The highest BCUT2D eigenvalue weighted by Gasteiger charge is 2.48. The van der Waals surface area contributed by atoms with Crippen LogP contribution >= 0.6 is 90.4 Å². The molecule has 1 fully saturated rings. The summed E-state index contributed by atoms with van der Waals surface area (Å²) in [5.41, 5.74) is 7.28. The van der Waals surface area contributed by atoms with E-state index in [4.69, 9.17) is 0 Å². The third-order valence-electron chi connectivity index (χ3n) is 9.27. The van der Waals surface area contributed by atoms with Crippen molar-refractivity contribution in [1.29, 1.82) is 0 Å². The third kappa shape index (κ3) is 5.41. The van der Waals surface area contributed by atoms with Gasteiger partial charge in [-0.25, -0.2) is 0 Å². The van der Waals surface area contributed by atoms with Gasteiger partial charge in [0.15, 0.2) is 0 Å². The predicted octanol–water partition coefficient (Wildman–Crippen LogP) is 10.0. The number of aromatic hydroxyl groups is 4. The van der Waals surface area contributed by atoms with E-state index in [0.717, 1.165) is 84.5 Å². The van der Waals surface area contributed by atoms with E-state index in [1.807, 2.05) is 33.8 Å². The molecule has 42 heavy (non-hydrogen) atoms. The molecule has 0 saturated heterocycles. The van der Waals surface area contributed by atoms with Crippen molar-refractivity contribution in [3.63, 3.8) is 0 Å². The molecule has 0 heterocycles. The van der Waals surface area contributed by atoms with E-state index < -0.39 is 0 Å². The summed E-state index contributed by atoms with van der Waals surface area (Å²) < 4.78 is 3.30. The summed E-state index contributed by atoms with van der Waals surface area (Å²) in [6, 6.07) is 16.8. The number of phenolic OH excluding ortho intramolecular Hbond substituents is 4. The van der Waals surface area contributed by atoms with E-state index in [1.54, 1.807) is 0 Å². The normalized spacial score (nSPS) is 16.0. The Balaban J connectivity index is 1.76. The summed E-state index contributed by atoms with van der Waals surface area (Å²) in [6.45, 7) is 7.85. The van der Waals surface area contributed by atoms with Crippen molar-refractivity contribution in [2.75, 3.05) is 0 Å². The van der Waals surface area contributed by atoms with Gasteiger partial charge in [0.2, 0.25) is 0 Å². The number of aryl methyl sites for hydroxylation is 3. The second-order valence-corrected chi connectivity index (χ2v) is 16.3. The van der Waals surface area contributed by atoms with Gasteiger partial charge in [-0.2, -0.15) is 0 Å². The molecule has 0 amide bonds. The van der Waals surface area contributed by atoms with Gasteiger partial charge in [0.25, 0.3) is 0 Å². The summed E-state index contributed by atoms with van der Waals surface area (Å²) in [7, 11) is 0. The van der Waals surface area contributed by atoms with E-state index in [-0.39, 0.29) is 10.8 Å². The van der Waals surface area contributed by atoms with Crippen LogP contribution in [0, 0.1) is 42.0 Å². The number of rotatable bonds is 4. The quantitative estimate of drug-likeness (QED) is 0.154. The number of hydrogen-bond donors (Lipinski definition) is 4. The first kappa shape index (κ1) is 32.4. The predicted molar refractivity (Wildman–Crippen MR) is 202 cm³/mol. The molecule has 0 bridgehead atoms. The van der Waals surface area contributed by atoms with Crippen LogP contribution in [0.2, 0.25) is 0 Å². The van der Waals surface area contributed by atoms with Crippen molar-refractivity contribution in [1.82, 2.24) is 0 Å². The topological polar surface area (TPSA) is 80.9 Å². The summed E-state index contributed by atoms with van der Waals surface area (Å²) in [4.78, 5) is 0. The molecule has 0 spiro atoms. The Morgan fingerprint density at radius 1 is 0.476 bits per heavy atom. The highest BCUT2D eigenvalue weighted by molar-refractivity contribution is 14.1. The van der Waals surface area contributed by atoms with E-state index in [2.05, 4.69) is 133 Å². The lowest BCUT2D eigenvalue weighted by Crippen LogP contribution is -2.42. The number of benzene rings is 4. The van der Waals surface area contributed by atoms with Crippen LogP contribution in [0.3, 0.4) is 0 Å². The number of phenols is 4. The molecular formula is C34H32I4O4. The van der Waals surface area contributed by atoms with E-state index in [9.17, 15) is 20.4 Å². The molecule has 5 rings (SSSR count). The van der Waals surface area contributed by atoms with Gasteiger partial charge in [-0.05, 0) is 213 Å². The van der Waals surface area contributed by atoms with Gasteiger partial charge in [0.1, 0.15) is 23.0 Å². The Kier molecular flexibility index (Phi) is 9.31. The van der Waals surface area contributed by atoms with Gasteiger partial charge in [0.05, 0.1) is 14.3 Å². The SMILES string of the molecule is Cc1cc(C2(c3cc(C)c(O)c(I)c3)CCC(c3cc(C)c(O)c(I)c3)(c3ccc(I)c(O)c3C)CC2)cc(I)c1O. The van der Waals surface area contributed by atoms with Crippen molar-refractivity contribution in [2.45, 2.75) is 64.2 Å². The maximum absolute atomic E-state index is 11.1. The number of halogens is 4. The van der Waals surface area contributed by atoms with Gasteiger partial charge >= 0.3 is 0 Å². The van der Waals surface area contributed by atoms with Gasteiger partial charge in [0, 0.05) is 10.8 Å². The smallest absolute Gasteiger partial charge is 0.132 e. The molecule has 0 radical (unpaired) electrons. The fourth-order valence-electron chi connectivity index (χ4n) is 6.79. The molecule has 0 aliphatic heterocycles. The third-order valence-corrected chi connectivity index (χ3v) is 12.6. The maximum atomic E-state index is 11.1. The lowest BCUT2D eigenvalue weighted by atomic mass is 9.54. The van der Waals surface area contributed by atoms with E-state index in [1.165, 1.54) is 0 Å². The Morgan fingerprint density at radius 3 is 1.21 bits per heavy atom. The zero-order chi connectivity index (χ0) is 30.7. The molecule has 4 nitrogen and oxygen atoms in total. The van der Waals surface area contributed by atoms with Gasteiger partial charge in [-0.1, -0.05) is 24.3 Å². The summed E-state index contributed by atoms with van der Waals surface area (Å²) in [5, 5.41) is 43.0. The van der Waals surface area contributed by atoms with Crippen LogP contribution in [-0.4, -0.2) is 20.4 Å².